The molecule has 316 valence electrons. The second kappa shape index (κ2) is 18.1. The molecule has 2 amide bonds. The zero-order valence-electron chi connectivity index (χ0n) is 33.0. The highest BCUT2D eigenvalue weighted by Gasteiger charge is 2.21. The van der Waals surface area contributed by atoms with Gasteiger partial charge >= 0.3 is 0 Å². The smallest absolute Gasteiger partial charge is 0.261 e. The zero-order valence-corrected chi connectivity index (χ0v) is 36.2. The Hall–Kier alpha value is -7.05. The summed E-state index contributed by atoms with van der Waals surface area (Å²) in [6.45, 7) is 0.528. The predicted octanol–water partition coefficient (Wildman–Crippen LogP) is 7.99. The van der Waals surface area contributed by atoms with E-state index in [0.29, 0.717) is 27.7 Å². The molecule has 0 radical (unpaired) electrons. The molecule has 0 aliphatic rings. The highest BCUT2D eigenvalue weighted by molar-refractivity contribution is 7.91. The summed E-state index contributed by atoms with van der Waals surface area (Å²) >= 11 is 7.36. The molecule has 3 N–H and O–H groups in total. The molecule has 9 rings (SSSR count). The Balaban J connectivity index is 0.000000173. The number of aromatic amines is 1. The molecule has 14 nitrogen and oxygen atoms in total. The van der Waals surface area contributed by atoms with Crippen molar-refractivity contribution >= 4 is 86.4 Å². The number of thiophene rings is 1. The number of nitrogens with zero attached hydrogens (tertiary/aromatic N) is 4. The largest absolute Gasteiger partial charge is 0.495 e. The molecule has 4 aromatic carbocycles. The van der Waals surface area contributed by atoms with Crippen LogP contribution in [0.3, 0.4) is 0 Å². The quantitative estimate of drug-likeness (QED) is 0.113. The lowest BCUT2D eigenvalue weighted by molar-refractivity contribution is 0.0944. The maximum Gasteiger partial charge on any atom is 0.261 e. The van der Waals surface area contributed by atoms with Crippen molar-refractivity contribution in [3.05, 3.63) is 173 Å². The number of hydrogen-bond acceptors (Lipinski definition) is 12. The van der Waals surface area contributed by atoms with Crippen LogP contribution in [0.5, 0.6) is 5.75 Å². The highest BCUT2D eigenvalue weighted by atomic mass is 35.5. The minimum absolute atomic E-state index is 0.0805. The van der Waals surface area contributed by atoms with Gasteiger partial charge in [-0.15, -0.1) is 11.3 Å². The van der Waals surface area contributed by atoms with E-state index in [-0.39, 0.29) is 43.7 Å². The third kappa shape index (κ3) is 9.41. The molecule has 0 unspecified atom stereocenters. The van der Waals surface area contributed by atoms with E-state index >= 15 is 0 Å². The number of amides is 2. The fourth-order valence-corrected chi connectivity index (χ4v) is 10.0. The number of ether oxygens (including phenoxy) is 1. The Kier molecular flexibility index (Phi) is 12.3. The van der Waals surface area contributed by atoms with Crippen molar-refractivity contribution in [3.63, 3.8) is 0 Å². The second-order valence-electron chi connectivity index (χ2n) is 13.9. The Morgan fingerprint density at radius 3 is 2.03 bits per heavy atom. The lowest BCUT2D eigenvalue weighted by Crippen LogP contribution is -2.22. The van der Waals surface area contributed by atoms with E-state index in [1.165, 1.54) is 61.2 Å². The molecular weight excluding hydrogens is 882 g/mol. The molecule has 5 heterocycles. The van der Waals surface area contributed by atoms with Crippen LogP contribution in [0.4, 0.5) is 0 Å². The minimum Gasteiger partial charge on any atom is -0.495 e. The standard InChI is InChI=1S/C24H17N3O3S2.C21H17ClN4O4S/c28-24(22-12-18-9-10-25-15-23(18)31-22)27-13-16-5-7-19(8-6-16)32(29,30)20-11-17-3-1-2-4-21(17)26-14-20;1-30-19-9-17(6-7-18(19)22)31(28,29)16-4-2-13(3-5-16)10-24-21(27)15-8-14-12-25-26-20(14)23-11-15/h1-12,14-15H,13H2,(H,27,28);2-9,11-12H,10H2,1H3,(H,24,27)(H,23,25,26). The van der Waals surface area contributed by atoms with Gasteiger partial charge in [0.25, 0.3) is 11.8 Å². The molecular formula is C45H34ClN7O7S3. The van der Waals surface area contributed by atoms with Gasteiger partial charge in [0.2, 0.25) is 19.7 Å². The van der Waals surface area contributed by atoms with E-state index in [4.69, 9.17) is 16.3 Å². The maximum absolute atomic E-state index is 13.0. The van der Waals surface area contributed by atoms with Crippen molar-refractivity contribution in [1.29, 1.82) is 0 Å². The summed E-state index contributed by atoms with van der Waals surface area (Å²) in [6, 6.07) is 31.5. The summed E-state index contributed by atoms with van der Waals surface area (Å²) in [5, 5.41) is 15.1. The van der Waals surface area contributed by atoms with Crippen LogP contribution in [0.15, 0.2) is 166 Å². The van der Waals surface area contributed by atoms with E-state index in [2.05, 4.69) is 35.8 Å². The highest BCUT2D eigenvalue weighted by Crippen LogP contribution is 2.31. The lowest BCUT2D eigenvalue weighted by atomic mass is 10.2. The number of aromatic nitrogens is 5. The zero-order chi connectivity index (χ0) is 44.1. The van der Waals surface area contributed by atoms with Gasteiger partial charge in [-0.1, -0.05) is 54.1 Å². The van der Waals surface area contributed by atoms with Crippen LogP contribution in [0, 0.1) is 0 Å². The van der Waals surface area contributed by atoms with Crippen molar-refractivity contribution in [2.75, 3.05) is 7.11 Å². The van der Waals surface area contributed by atoms with E-state index in [0.717, 1.165) is 37.5 Å². The van der Waals surface area contributed by atoms with Crippen LogP contribution in [0.2, 0.25) is 5.02 Å². The first kappa shape index (κ1) is 42.6. The first-order valence-electron chi connectivity index (χ1n) is 18.9. The molecule has 9 aromatic rings. The number of carbonyl (C=O) groups is 2. The van der Waals surface area contributed by atoms with Crippen LogP contribution in [0.1, 0.15) is 31.2 Å². The average Bonchev–Trinajstić information content (AvgIpc) is 3.98. The van der Waals surface area contributed by atoms with Gasteiger partial charge in [-0.2, -0.15) is 5.10 Å². The van der Waals surface area contributed by atoms with Crippen molar-refractivity contribution in [2.45, 2.75) is 32.7 Å². The number of hydrogen-bond donors (Lipinski definition) is 3. The lowest BCUT2D eigenvalue weighted by Gasteiger charge is -2.09. The Labute approximate surface area is 369 Å². The number of halogens is 1. The second-order valence-corrected chi connectivity index (χ2v) is 19.3. The van der Waals surface area contributed by atoms with E-state index in [1.807, 2.05) is 36.4 Å². The summed E-state index contributed by atoms with van der Waals surface area (Å²) in [4.78, 5) is 38.5. The maximum atomic E-state index is 13.0. The first-order valence-corrected chi connectivity index (χ1v) is 23.1. The molecule has 0 bridgehead atoms. The van der Waals surface area contributed by atoms with Crippen LogP contribution >= 0.6 is 22.9 Å². The van der Waals surface area contributed by atoms with E-state index < -0.39 is 19.7 Å². The number of methoxy groups -OCH3 is 1. The topological polar surface area (TPSA) is 203 Å². The Bertz CT molecular complexity index is 3350. The fraction of sp³-hybridized carbons (Fsp3) is 0.0667. The molecule has 5 aromatic heterocycles. The van der Waals surface area contributed by atoms with Gasteiger partial charge in [0, 0.05) is 54.7 Å². The van der Waals surface area contributed by atoms with Crippen molar-refractivity contribution in [1.82, 2.24) is 35.8 Å². The number of para-hydroxylation sites is 1. The fourth-order valence-electron chi connectivity index (χ4n) is 6.36. The van der Waals surface area contributed by atoms with Gasteiger partial charge in [0.1, 0.15) is 5.75 Å². The molecule has 0 saturated carbocycles. The number of pyridine rings is 3. The van der Waals surface area contributed by atoms with Crippen molar-refractivity contribution in [2.24, 2.45) is 0 Å². The van der Waals surface area contributed by atoms with Gasteiger partial charge in [0.15, 0.2) is 5.65 Å². The van der Waals surface area contributed by atoms with Crippen molar-refractivity contribution < 1.29 is 31.2 Å². The monoisotopic (exact) mass is 915 g/mol. The average molecular weight is 916 g/mol. The summed E-state index contributed by atoms with van der Waals surface area (Å²) in [5.74, 6) is -0.184. The number of sulfone groups is 2. The third-order valence-corrected chi connectivity index (χ3v) is 14.7. The van der Waals surface area contributed by atoms with Crippen LogP contribution in [-0.2, 0) is 32.8 Å². The van der Waals surface area contributed by atoms with E-state index in [1.54, 1.807) is 67.1 Å². The number of benzene rings is 4. The van der Waals surface area contributed by atoms with Crippen LogP contribution in [-0.4, -0.2) is 60.9 Å². The molecule has 0 saturated heterocycles. The molecule has 0 aliphatic heterocycles. The predicted molar refractivity (Wildman–Crippen MR) is 239 cm³/mol. The summed E-state index contributed by atoms with van der Waals surface area (Å²) in [7, 11) is -6.01. The first-order chi connectivity index (χ1) is 30.4. The Morgan fingerprint density at radius 1 is 0.667 bits per heavy atom. The van der Waals surface area contributed by atoms with Gasteiger partial charge in [-0.25, -0.2) is 21.8 Å². The van der Waals surface area contributed by atoms with Gasteiger partial charge in [-0.05, 0) is 83.2 Å². The van der Waals surface area contributed by atoms with Crippen LogP contribution in [0.25, 0.3) is 32.0 Å². The summed E-state index contributed by atoms with van der Waals surface area (Å²) in [6.07, 6.45) is 7.87. The van der Waals surface area contributed by atoms with Crippen LogP contribution < -0.4 is 15.4 Å². The number of rotatable bonds is 11. The van der Waals surface area contributed by atoms with E-state index in [9.17, 15) is 26.4 Å². The molecule has 63 heavy (non-hydrogen) atoms. The van der Waals surface area contributed by atoms with Gasteiger partial charge < -0.3 is 15.4 Å². The number of H-pyrrole nitrogens is 1. The third-order valence-electron chi connectivity index (χ3n) is 9.78. The minimum atomic E-state index is -3.74. The van der Waals surface area contributed by atoms with Gasteiger partial charge in [-0.3, -0.25) is 24.7 Å². The molecule has 0 atom stereocenters. The summed E-state index contributed by atoms with van der Waals surface area (Å²) < 4.78 is 57.8. The van der Waals surface area contributed by atoms with Crippen molar-refractivity contribution in [3.8, 4) is 5.75 Å². The molecule has 0 spiro atoms. The number of nitrogens with one attached hydrogen (secondary N) is 3. The summed E-state index contributed by atoms with van der Waals surface area (Å²) in [5.41, 5.74) is 3.30. The number of fused-ring (bicyclic) bond motifs is 3. The molecule has 0 aliphatic carbocycles. The SMILES string of the molecule is COc1cc(S(=O)(=O)c2ccc(CNC(=O)c3cnc4[nH]ncc4c3)cc2)ccc1Cl.O=C(NCc1ccc(S(=O)(=O)c2cnc3ccccc3c2)cc1)c1cc2ccncc2s1. The normalized spacial score (nSPS) is 11.5. The number of carbonyl (C=O) groups excluding carboxylic acids is 2. The molecule has 18 heteroatoms. The molecule has 0 fully saturated rings. The van der Waals surface area contributed by atoms with Gasteiger partial charge in [0.05, 0.1) is 58.6 Å². The Morgan fingerprint density at radius 2 is 1.33 bits per heavy atom.